The molecule has 0 saturated carbocycles. The van der Waals surface area contributed by atoms with Gasteiger partial charge in [0.05, 0.1) is 12.7 Å². The van der Waals surface area contributed by atoms with E-state index in [0.717, 1.165) is 36.1 Å². The molecule has 1 aromatic carbocycles. The molecule has 0 radical (unpaired) electrons. The highest BCUT2D eigenvalue weighted by molar-refractivity contribution is 9.11. The molecule has 29 heavy (non-hydrogen) atoms. The number of benzene rings is 1. The van der Waals surface area contributed by atoms with Crippen LogP contribution in [0.3, 0.4) is 0 Å². The minimum Gasteiger partial charge on any atom is -0.391 e. The van der Waals surface area contributed by atoms with E-state index in [2.05, 4.69) is 53.2 Å². The SMILES string of the molecule is CCCCCC(O)c1ccc(C2=C(Br)CC[C@@H]2CCCc2ccc(CO)s2)cc1. The molecule has 3 rings (SSSR count). The highest BCUT2D eigenvalue weighted by atomic mass is 79.9. The molecule has 0 bridgehead atoms. The molecular weight excluding hydrogens is 444 g/mol. The van der Waals surface area contributed by atoms with E-state index in [1.807, 2.05) is 6.07 Å². The Morgan fingerprint density at radius 3 is 2.52 bits per heavy atom. The second-order valence-corrected chi connectivity index (χ2v) is 10.3. The van der Waals surface area contributed by atoms with Crippen LogP contribution in [0.4, 0.5) is 0 Å². The van der Waals surface area contributed by atoms with E-state index in [-0.39, 0.29) is 12.7 Å². The third-order valence-corrected chi connectivity index (χ3v) is 7.90. The zero-order valence-electron chi connectivity index (χ0n) is 17.4. The van der Waals surface area contributed by atoms with E-state index in [1.54, 1.807) is 11.3 Å². The first kappa shape index (κ1) is 22.7. The van der Waals surface area contributed by atoms with Gasteiger partial charge in [-0.05, 0) is 77.8 Å². The van der Waals surface area contributed by atoms with E-state index >= 15 is 0 Å². The first-order valence-corrected chi connectivity index (χ1v) is 12.6. The molecule has 0 spiro atoms. The van der Waals surface area contributed by atoms with Crippen molar-refractivity contribution in [3.8, 4) is 0 Å². The number of allylic oxidation sites excluding steroid dienone is 2. The number of hydrogen-bond donors (Lipinski definition) is 2. The molecule has 0 aliphatic heterocycles. The molecule has 2 atom stereocenters. The van der Waals surface area contributed by atoms with Gasteiger partial charge in [0, 0.05) is 9.75 Å². The second kappa shape index (κ2) is 11.5. The lowest BCUT2D eigenvalue weighted by molar-refractivity contribution is 0.163. The Kier molecular flexibility index (Phi) is 8.98. The highest BCUT2D eigenvalue weighted by Gasteiger charge is 2.25. The van der Waals surface area contributed by atoms with Crippen LogP contribution < -0.4 is 0 Å². The summed E-state index contributed by atoms with van der Waals surface area (Å²) in [7, 11) is 0. The van der Waals surface area contributed by atoms with Gasteiger partial charge in [-0.3, -0.25) is 0 Å². The normalized spacial score (nSPS) is 17.9. The average molecular weight is 478 g/mol. The first-order chi connectivity index (χ1) is 14.1. The Morgan fingerprint density at radius 2 is 1.83 bits per heavy atom. The molecule has 0 saturated heterocycles. The third kappa shape index (κ3) is 6.27. The topological polar surface area (TPSA) is 40.5 Å². The van der Waals surface area contributed by atoms with E-state index in [4.69, 9.17) is 0 Å². The van der Waals surface area contributed by atoms with Crippen molar-refractivity contribution in [3.63, 3.8) is 0 Å². The molecule has 158 valence electrons. The Hall–Kier alpha value is -0.940. The van der Waals surface area contributed by atoms with Crippen LogP contribution in [0.2, 0.25) is 0 Å². The smallest absolute Gasteiger partial charge is 0.0790 e. The zero-order chi connectivity index (χ0) is 20.6. The van der Waals surface area contributed by atoms with Gasteiger partial charge in [0.15, 0.2) is 0 Å². The predicted octanol–water partition coefficient (Wildman–Crippen LogP) is 7.39. The molecule has 1 aromatic heterocycles. The number of unbranched alkanes of at least 4 members (excludes halogenated alkanes) is 2. The first-order valence-electron chi connectivity index (χ1n) is 11.0. The minimum absolute atomic E-state index is 0.149. The van der Waals surface area contributed by atoms with Crippen LogP contribution in [0.15, 0.2) is 40.9 Å². The quantitative estimate of drug-likeness (QED) is 0.331. The molecule has 2 nitrogen and oxygen atoms in total. The van der Waals surface area contributed by atoms with Crippen molar-refractivity contribution in [1.29, 1.82) is 0 Å². The van der Waals surface area contributed by atoms with Gasteiger partial charge in [0.25, 0.3) is 0 Å². The molecule has 2 aromatic rings. The van der Waals surface area contributed by atoms with Gasteiger partial charge in [-0.25, -0.2) is 0 Å². The van der Waals surface area contributed by atoms with E-state index in [0.29, 0.717) is 5.92 Å². The van der Waals surface area contributed by atoms with Gasteiger partial charge in [-0.1, -0.05) is 66.4 Å². The van der Waals surface area contributed by atoms with Crippen LogP contribution >= 0.6 is 27.3 Å². The summed E-state index contributed by atoms with van der Waals surface area (Å²) in [6.07, 6.45) is 9.75. The fourth-order valence-corrected chi connectivity index (χ4v) is 5.99. The monoisotopic (exact) mass is 476 g/mol. The van der Waals surface area contributed by atoms with Gasteiger partial charge in [-0.2, -0.15) is 0 Å². The number of aryl methyl sites for hydroxylation is 1. The van der Waals surface area contributed by atoms with Gasteiger partial charge < -0.3 is 10.2 Å². The van der Waals surface area contributed by atoms with Gasteiger partial charge in [-0.15, -0.1) is 11.3 Å². The van der Waals surface area contributed by atoms with Crippen LogP contribution in [0, 0.1) is 5.92 Å². The van der Waals surface area contributed by atoms with Crippen LogP contribution in [-0.2, 0) is 13.0 Å². The molecule has 1 aliphatic carbocycles. The Labute approximate surface area is 187 Å². The molecule has 1 aliphatic rings. The summed E-state index contributed by atoms with van der Waals surface area (Å²) >= 11 is 5.55. The highest BCUT2D eigenvalue weighted by Crippen LogP contribution is 2.44. The lowest BCUT2D eigenvalue weighted by Crippen LogP contribution is -2.02. The molecule has 1 heterocycles. The van der Waals surface area contributed by atoms with Crippen LogP contribution in [0.5, 0.6) is 0 Å². The van der Waals surface area contributed by atoms with Crippen molar-refractivity contribution in [3.05, 3.63) is 61.8 Å². The maximum atomic E-state index is 10.4. The number of thiophene rings is 1. The summed E-state index contributed by atoms with van der Waals surface area (Å²) in [4.78, 5) is 2.43. The minimum atomic E-state index is -0.345. The fourth-order valence-electron chi connectivity index (χ4n) is 4.29. The van der Waals surface area contributed by atoms with Crippen molar-refractivity contribution in [2.45, 2.75) is 77.4 Å². The number of aliphatic hydroxyl groups excluding tert-OH is 2. The lowest BCUT2D eigenvalue weighted by Gasteiger charge is -2.17. The molecule has 2 N–H and O–H groups in total. The summed E-state index contributed by atoms with van der Waals surface area (Å²) in [6, 6.07) is 12.8. The summed E-state index contributed by atoms with van der Waals surface area (Å²) in [5.41, 5.74) is 3.79. The fraction of sp³-hybridized carbons (Fsp3) is 0.520. The maximum Gasteiger partial charge on any atom is 0.0790 e. The summed E-state index contributed by atoms with van der Waals surface area (Å²) in [5, 5.41) is 19.6. The number of hydrogen-bond acceptors (Lipinski definition) is 3. The van der Waals surface area contributed by atoms with Crippen molar-refractivity contribution >= 4 is 32.8 Å². The number of rotatable bonds is 11. The lowest BCUT2D eigenvalue weighted by atomic mass is 9.89. The van der Waals surface area contributed by atoms with Gasteiger partial charge in [0.1, 0.15) is 0 Å². The average Bonchev–Trinajstić information content (AvgIpc) is 3.35. The van der Waals surface area contributed by atoms with Crippen molar-refractivity contribution in [2.75, 3.05) is 0 Å². The Balaban J connectivity index is 1.58. The summed E-state index contributed by atoms with van der Waals surface area (Å²) < 4.78 is 1.34. The second-order valence-electron chi connectivity index (χ2n) is 8.11. The zero-order valence-corrected chi connectivity index (χ0v) is 19.8. The molecule has 0 amide bonds. The third-order valence-electron chi connectivity index (χ3n) is 5.95. The van der Waals surface area contributed by atoms with E-state index < -0.39 is 0 Å². The maximum absolute atomic E-state index is 10.4. The van der Waals surface area contributed by atoms with Crippen LogP contribution in [-0.4, -0.2) is 10.2 Å². The summed E-state index contributed by atoms with van der Waals surface area (Å²) in [5.74, 6) is 0.599. The standard InChI is InChI=1S/C25H33BrO2S/c1-2-3-4-8-24(28)18-9-11-20(12-10-18)25-19(13-16-23(25)26)6-5-7-21-14-15-22(17-27)29-21/h9-12,14-15,19,24,27-28H,2-8,13,16-17H2,1H3/t19-,24?/m0/s1. The Morgan fingerprint density at radius 1 is 1.07 bits per heavy atom. The van der Waals surface area contributed by atoms with Crippen molar-refractivity contribution in [1.82, 2.24) is 0 Å². The van der Waals surface area contributed by atoms with E-state index in [1.165, 1.54) is 52.6 Å². The van der Waals surface area contributed by atoms with Crippen molar-refractivity contribution in [2.24, 2.45) is 5.92 Å². The molecular formula is C25H33BrO2S. The van der Waals surface area contributed by atoms with Crippen molar-refractivity contribution < 1.29 is 10.2 Å². The van der Waals surface area contributed by atoms with Gasteiger partial charge in [0.2, 0.25) is 0 Å². The summed E-state index contributed by atoms with van der Waals surface area (Å²) in [6.45, 7) is 2.34. The van der Waals surface area contributed by atoms with E-state index in [9.17, 15) is 10.2 Å². The molecule has 1 unspecified atom stereocenters. The van der Waals surface area contributed by atoms with Crippen LogP contribution in [0.25, 0.3) is 5.57 Å². The molecule has 0 fully saturated rings. The van der Waals surface area contributed by atoms with Crippen LogP contribution in [0.1, 0.15) is 85.3 Å². The number of halogens is 1. The predicted molar refractivity (Wildman–Crippen MR) is 127 cm³/mol. The van der Waals surface area contributed by atoms with Gasteiger partial charge >= 0.3 is 0 Å². The number of aliphatic hydroxyl groups is 2. The Bertz CT molecular complexity index is 793. The molecule has 4 heteroatoms. The largest absolute Gasteiger partial charge is 0.391 e.